The molecule has 0 atom stereocenters. The van der Waals surface area contributed by atoms with Crippen LogP contribution in [0.1, 0.15) is 23.7 Å². The molecule has 0 radical (unpaired) electrons. The molecule has 0 aliphatic heterocycles. The number of hydrogen-bond acceptors (Lipinski definition) is 6. The highest BCUT2D eigenvalue weighted by atomic mass is 32.2. The molecule has 0 saturated carbocycles. The van der Waals surface area contributed by atoms with Gasteiger partial charge >= 0.3 is 12.1 Å². The van der Waals surface area contributed by atoms with E-state index in [1.807, 2.05) is 31.2 Å². The van der Waals surface area contributed by atoms with Gasteiger partial charge in [-0.15, -0.1) is 23.1 Å². The van der Waals surface area contributed by atoms with Crippen molar-refractivity contribution in [3.05, 3.63) is 70.7 Å². The summed E-state index contributed by atoms with van der Waals surface area (Å²) in [6, 6.07) is 12.1. The molecule has 5 nitrogen and oxygen atoms in total. The number of esters is 1. The van der Waals surface area contributed by atoms with Crippen LogP contribution < -0.4 is 4.90 Å². The lowest BCUT2D eigenvalue weighted by molar-refractivity contribution is -0.141. The van der Waals surface area contributed by atoms with Crippen molar-refractivity contribution >= 4 is 45.8 Å². The van der Waals surface area contributed by atoms with E-state index < -0.39 is 23.6 Å². The monoisotopic (exact) mass is 480 g/mol. The van der Waals surface area contributed by atoms with E-state index in [2.05, 4.69) is 4.98 Å². The molecule has 1 heterocycles. The van der Waals surface area contributed by atoms with Gasteiger partial charge < -0.3 is 4.74 Å². The van der Waals surface area contributed by atoms with Gasteiger partial charge in [0.05, 0.1) is 22.7 Å². The van der Waals surface area contributed by atoms with Crippen molar-refractivity contribution in [3.8, 4) is 0 Å². The van der Waals surface area contributed by atoms with Gasteiger partial charge in [-0.2, -0.15) is 13.2 Å². The number of halogens is 3. The number of aromatic nitrogens is 1. The number of ether oxygens (including phenoxy) is 1. The fourth-order valence-electron chi connectivity index (χ4n) is 2.76. The number of carbonyl (C=O) groups excluding carboxylic acids is 2. The predicted octanol–water partition coefficient (Wildman–Crippen LogP) is 5.99. The number of aryl methyl sites for hydroxylation is 1. The normalized spacial score (nSPS) is 11.3. The van der Waals surface area contributed by atoms with Crippen LogP contribution >= 0.6 is 23.1 Å². The summed E-state index contributed by atoms with van der Waals surface area (Å²) in [6.07, 6.45) is -4.53. The molecule has 168 valence electrons. The summed E-state index contributed by atoms with van der Waals surface area (Å²) in [6.45, 7) is 3.10. The van der Waals surface area contributed by atoms with Crippen molar-refractivity contribution in [2.24, 2.45) is 0 Å². The predicted molar refractivity (Wildman–Crippen MR) is 118 cm³/mol. The van der Waals surface area contributed by atoms with Gasteiger partial charge in [-0.05, 0) is 36.8 Å². The molecule has 0 bridgehead atoms. The zero-order chi connectivity index (χ0) is 23.3. The van der Waals surface area contributed by atoms with Crippen LogP contribution in [-0.4, -0.2) is 22.6 Å². The lowest BCUT2D eigenvalue weighted by Gasteiger charge is -2.19. The Hall–Kier alpha value is -2.85. The molecule has 0 fully saturated rings. The highest BCUT2D eigenvalue weighted by Crippen LogP contribution is 2.35. The van der Waals surface area contributed by atoms with E-state index in [0.717, 1.165) is 38.8 Å². The van der Waals surface area contributed by atoms with E-state index in [9.17, 15) is 22.8 Å². The maximum absolute atomic E-state index is 13.0. The van der Waals surface area contributed by atoms with E-state index in [1.54, 1.807) is 5.38 Å². The molecule has 1 aromatic heterocycles. The maximum atomic E-state index is 13.0. The number of alkyl halides is 3. The number of amides is 1. The average molecular weight is 481 g/mol. The molecule has 3 rings (SSSR count). The summed E-state index contributed by atoms with van der Waals surface area (Å²) < 4.78 is 44.4. The first-order valence-electron chi connectivity index (χ1n) is 9.41. The third kappa shape index (κ3) is 6.10. The summed E-state index contributed by atoms with van der Waals surface area (Å²) in [5.41, 5.74) is 0.656. The Bertz CT molecular complexity index is 1120. The highest BCUT2D eigenvalue weighted by molar-refractivity contribution is 8.00. The fourth-order valence-corrected chi connectivity index (χ4v) is 4.46. The third-order valence-electron chi connectivity index (χ3n) is 4.30. The summed E-state index contributed by atoms with van der Waals surface area (Å²) in [7, 11) is 0. The maximum Gasteiger partial charge on any atom is 0.416 e. The van der Waals surface area contributed by atoms with Gasteiger partial charge in [0.1, 0.15) is 6.61 Å². The van der Waals surface area contributed by atoms with E-state index in [4.69, 9.17) is 4.74 Å². The Morgan fingerprint density at radius 2 is 1.91 bits per heavy atom. The van der Waals surface area contributed by atoms with Gasteiger partial charge in [0, 0.05) is 17.2 Å². The van der Waals surface area contributed by atoms with Crippen LogP contribution in [0.3, 0.4) is 0 Å². The first kappa shape index (κ1) is 23.8. The highest BCUT2D eigenvalue weighted by Gasteiger charge is 2.31. The van der Waals surface area contributed by atoms with E-state index in [1.165, 1.54) is 30.8 Å². The molecule has 1 amide bonds. The second kappa shape index (κ2) is 10.2. The van der Waals surface area contributed by atoms with Crippen molar-refractivity contribution in [1.82, 2.24) is 4.98 Å². The summed E-state index contributed by atoms with van der Waals surface area (Å²) in [5.74, 6) is -0.781. The number of thiazole rings is 1. The zero-order valence-corrected chi connectivity index (χ0v) is 18.8. The zero-order valence-electron chi connectivity index (χ0n) is 17.2. The molecule has 0 N–H and O–H groups in total. The van der Waals surface area contributed by atoms with Crippen LogP contribution in [0.4, 0.5) is 24.0 Å². The first-order valence-corrected chi connectivity index (χ1v) is 11.3. The Labute approximate surface area is 191 Å². The van der Waals surface area contributed by atoms with Crippen LogP contribution in [0, 0.1) is 6.92 Å². The van der Waals surface area contributed by atoms with Crippen molar-refractivity contribution in [2.75, 3.05) is 10.7 Å². The number of carbonyl (C=O) groups is 2. The average Bonchev–Trinajstić information content (AvgIpc) is 3.19. The minimum atomic E-state index is -4.53. The van der Waals surface area contributed by atoms with Crippen LogP contribution in [0.15, 0.2) is 58.8 Å². The molecule has 0 aliphatic carbocycles. The fraction of sp³-hybridized carbons (Fsp3) is 0.227. The lowest BCUT2D eigenvalue weighted by Crippen LogP contribution is -2.23. The second-order valence-electron chi connectivity index (χ2n) is 6.74. The van der Waals surface area contributed by atoms with Gasteiger partial charge in [0.25, 0.3) is 0 Å². The van der Waals surface area contributed by atoms with Gasteiger partial charge in [0.15, 0.2) is 5.13 Å². The minimum Gasteiger partial charge on any atom is -0.459 e. The third-order valence-corrected chi connectivity index (χ3v) is 6.32. The Morgan fingerprint density at radius 3 is 2.59 bits per heavy atom. The van der Waals surface area contributed by atoms with Gasteiger partial charge in [-0.3, -0.25) is 14.5 Å². The first-order chi connectivity index (χ1) is 15.1. The number of thioether (sulfide) groups is 1. The van der Waals surface area contributed by atoms with Crippen LogP contribution in [-0.2, 0) is 27.1 Å². The van der Waals surface area contributed by atoms with Crippen molar-refractivity contribution in [3.63, 3.8) is 0 Å². The second-order valence-corrected chi connectivity index (χ2v) is 8.59. The smallest absolute Gasteiger partial charge is 0.416 e. The molecule has 0 unspecified atom stereocenters. The standard InChI is InChI=1S/C22H19F3N2O3S2/c1-14-6-3-4-9-19(14)31-13-20(29)30-11-17-12-32-21(26-17)27(15(2)28)18-8-5-7-16(10-18)22(23,24)25/h3-10,12H,11,13H2,1-2H3. The lowest BCUT2D eigenvalue weighted by atomic mass is 10.2. The number of nitrogens with zero attached hydrogens (tertiary/aromatic N) is 2. The minimum absolute atomic E-state index is 0.0554. The van der Waals surface area contributed by atoms with E-state index >= 15 is 0 Å². The molecule has 0 saturated heterocycles. The Balaban J connectivity index is 1.65. The molecule has 10 heteroatoms. The molecular weight excluding hydrogens is 461 g/mol. The molecule has 3 aromatic rings. The molecule has 2 aromatic carbocycles. The SMILES string of the molecule is CC(=O)N(c1cccc(C(F)(F)F)c1)c1nc(COC(=O)CSc2ccccc2C)cs1. The van der Waals surface area contributed by atoms with Crippen LogP contribution in [0.2, 0.25) is 0 Å². The van der Waals surface area contributed by atoms with Crippen LogP contribution in [0.25, 0.3) is 0 Å². The quantitative estimate of drug-likeness (QED) is 0.307. The van der Waals surface area contributed by atoms with E-state index in [0.29, 0.717) is 5.69 Å². The Morgan fingerprint density at radius 1 is 1.16 bits per heavy atom. The van der Waals surface area contributed by atoms with Gasteiger partial charge in [-0.1, -0.05) is 24.3 Å². The van der Waals surface area contributed by atoms with Gasteiger partial charge in [-0.25, -0.2) is 4.98 Å². The van der Waals surface area contributed by atoms with Gasteiger partial charge in [0.2, 0.25) is 5.91 Å². The van der Waals surface area contributed by atoms with Crippen molar-refractivity contribution in [2.45, 2.75) is 31.5 Å². The molecular formula is C22H19F3N2O3S2. The molecule has 0 spiro atoms. The topological polar surface area (TPSA) is 59.5 Å². The summed E-state index contributed by atoms with van der Waals surface area (Å²) in [5, 5.41) is 1.79. The largest absolute Gasteiger partial charge is 0.459 e. The molecule has 0 aliphatic rings. The molecule has 32 heavy (non-hydrogen) atoms. The van der Waals surface area contributed by atoms with E-state index in [-0.39, 0.29) is 23.2 Å². The Kier molecular flexibility index (Phi) is 7.57. The number of anilines is 2. The van der Waals surface area contributed by atoms with Crippen molar-refractivity contribution in [1.29, 1.82) is 0 Å². The van der Waals surface area contributed by atoms with Crippen LogP contribution in [0.5, 0.6) is 0 Å². The number of benzene rings is 2. The summed E-state index contributed by atoms with van der Waals surface area (Å²) >= 11 is 2.44. The number of rotatable bonds is 7. The number of hydrogen-bond donors (Lipinski definition) is 0. The summed E-state index contributed by atoms with van der Waals surface area (Å²) in [4.78, 5) is 30.6. The van der Waals surface area contributed by atoms with Crippen molar-refractivity contribution < 1.29 is 27.5 Å².